The zero-order valence-corrected chi connectivity index (χ0v) is 16.7. The molecule has 1 saturated heterocycles. The molecular formula is C20H26N2O4S. The third kappa shape index (κ3) is 4.99. The van der Waals surface area contributed by atoms with Crippen molar-refractivity contribution in [3.05, 3.63) is 50.6 Å². The van der Waals surface area contributed by atoms with E-state index in [1.54, 1.807) is 11.7 Å². The van der Waals surface area contributed by atoms with E-state index in [1.807, 2.05) is 41.5 Å². The van der Waals surface area contributed by atoms with Crippen LogP contribution in [0.25, 0.3) is 0 Å². The van der Waals surface area contributed by atoms with Crippen LogP contribution in [0.3, 0.4) is 0 Å². The first-order chi connectivity index (χ1) is 13.1. The number of rotatable bonds is 8. The lowest BCUT2D eigenvalue weighted by Gasteiger charge is -2.26. The van der Waals surface area contributed by atoms with Gasteiger partial charge < -0.3 is 18.9 Å². The van der Waals surface area contributed by atoms with Gasteiger partial charge in [0.2, 0.25) is 5.91 Å². The number of para-hydroxylation sites is 1. The molecule has 1 aliphatic heterocycles. The number of hydrogen-bond acceptors (Lipinski definition) is 5. The van der Waals surface area contributed by atoms with E-state index in [4.69, 9.17) is 9.47 Å². The second-order valence-electron chi connectivity index (χ2n) is 6.77. The van der Waals surface area contributed by atoms with E-state index in [0.29, 0.717) is 26.1 Å². The van der Waals surface area contributed by atoms with Crippen LogP contribution < -0.4 is 9.61 Å². The number of hydrogen-bond donors (Lipinski definition) is 0. The van der Waals surface area contributed by atoms with E-state index >= 15 is 0 Å². The number of amides is 1. The fourth-order valence-corrected chi connectivity index (χ4v) is 4.13. The second kappa shape index (κ2) is 9.19. The van der Waals surface area contributed by atoms with Gasteiger partial charge in [0.25, 0.3) is 0 Å². The first kappa shape index (κ1) is 19.6. The molecule has 0 N–H and O–H groups in total. The van der Waals surface area contributed by atoms with Crippen LogP contribution in [0.2, 0.25) is 0 Å². The van der Waals surface area contributed by atoms with Crippen LogP contribution in [0.4, 0.5) is 0 Å². The van der Waals surface area contributed by atoms with Crippen molar-refractivity contribution in [1.82, 2.24) is 9.47 Å². The Morgan fingerprint density at radius 1 is 1.41 bits per heavy atom. The Bertz CT molecular complexity index is 823. The summed E-state index contributed by atoms with van der Waals surface area (Å²) in [5.74, 6) is 0.793. The van der Waals surface area contributed by atoms with Crippen LogP contribution in [0.1, 0.15) is 30.5 Å². The Labute approximate surface area is 163 Å². The predicted molar refractivity (Wildman–Crippen MR) is 105 cm³/mol. The number of nitrogens with zero attached hydrogens (tertiary/aromatic N) is 2. The number of carbonyl (C=O) groups is 1. The molecule has 1 aromatic heterocycles. The van der Waals surface area contributed by atoms with Crippen molar-refractivity contribution in [1.29, 1.82) is 0 Å². The lowest BCUT2D eigenvalue weighted by molar-refractivity contribution is -0.133. The SMILES string of the molecule is COc1ccccc1CN(CC1CCCO1)C(=O)CCn1c(C)csc1=O. The Hall–Kier alpha value is -2.12. The van der Waals surface area contributed by atoms with Gasteiger partial charge >= 0.3 is 4.87 Å². The van der Waals surface area contributed by atoms with E-state index in [1.165, 1.54) is 11.3 Å². The molecular weight excluding hydrogens is 364 g/mol. The van der Waals surface area contributed by atoms with Crippen molar-refractivity contribution in [3.8, 4) is 5.75 Å². The van der Waals surface area contributed by atoms with Crippen molar-refractivity contribution in [2.45, 2.75) is 45.4 Å². The maximum Gasteiger partial charge on any atom is 0.307 e. The molecule has 1 aliphatic rings. The van der Waals surface area contributed by atoms with Crippen LogP contribution in [-0.2, 0) is 22.6 Å². The third-order valence-electron chi connectivity index (χ3n) is 4.88. The molecule has 0 aliphatic carbocycles. The largest absolute Gasteiger partial charge is 0.496 e. The van der Waals surface area contributed by atoms with E-state index < -0.39 is 0 Å². The van der Waals surface area contributed by atoms with Gasteiger partial charge in [0.15, 0.2) is 0 Å². The molecule has 2 aromatic rings. The fraction of sp³-hybridized carbons (Fsp3) is 0.500. The molecule has 0 radical (unpaired) electrons. The Morgan fingerprint density at radius 2 is 2.22 bits per heavy atom. The molecule has 2 heterocycles. The maximum absolute atomic E-state index is 13.0. The predicted octanol–water partition coefficient (Wildman–Crippen LogP) is 2.82. The summed E-state index contributed by atoms with van der Waals surface area (Å²) in [5.41, 5.74) is 1.86. The molecule has 0 bridgehead atoms. The standard InChI is InChI=1S/C20H26N2O4S/c1-15-14-27-20(24)22(15)10-9-19(23)21(13-17-7-5-11-26-17)12-16-6-3-4-8-18(16)25-2/h3-4,6,8,14,17H,5,7,9-13H2,1-2H3. The number of aryl methyl sites for hydroxylation is 1. The lowest BCUT2D eigenvalue weighted by Crippen LogP contribution is -2.37. The second-order valence-corrected chi connectivity index (χ2v) is 7.59. The summed E-state index contributed by atoms with van der Waals surface area (Å²) in [6, 6.07) is 7.74. The average Bonchev–Trinajstić information content (AvgIpc) is 3.30. The Morgan fingerprint density at radius 3 is 2.89 bits per heavy atom. The average molecular weight is 391 g/mol. The van der Waals surface area contributed by atoms with Gasteiger partial charge in [-0.25, -0.2) is 0 Å². The molecule has 0 saturated carbocycles. The Balaban J connectivity index is 1.72. The highest BCUT2D eigenvalue weighted by Crippen LogP contribution is 2.22. The van der Waals surface area contributed by atoms with E-state index in [0.717, 1.165) is 36.5 Å². The highest BCUT2D eigenvalue weighted by Gasteiger charge is 2.23. The molecule has 146 valence electrons. The van der Waals surface area contributed by atoms with Crippen LogP contribution in [0.15, 0.2) is 34.4 Å². The summed E-state index contributed by atoms with van der Waals surface area (Å²) >= 11 is 1.17. The van der Waals surface area contributed by atoms with Gasteiger partial charge in [0.1, 0.15) is 5.75 Å². The van der Waals surface area contributed by atoms with E-state index in [2.05, 4.69) is 0 Å². The Kier molecular flexibility index (Phi) is 6.68. The van der Waals surface area contributed by atoms with Crippen molar-refractivity contribution >= 4 is 17.2 Å². The molecule has 3 rings (SSSR count). The number of thiazole rings is 1. The van der Waals surface area contributed by atoms with E-state index in [9.17, 15) is 9.59 Å². The summed E-state index contributed by atoms with van der Waals surface area (Å²) in [6.07, 6.45) is 2.37. The lowest BCUT2D eigenvalue weighted by atomic mass is 10.1. The number of benzene rings is 1. The molecule has 7 heteroatoms. The molecule has 1 aromatic carbocycles. The van der Waals surface area contributed by atoms with Crippen LogP contribution >= 0.6 is 11.3 Å². The molecule has 1 unspecified atom stereocenters. The van der Waals surface area contributed by atoms with Crippen LogP contribution in [-0.4, -0.2) is 41.7 Å². The molecule has 27 heavy (non-hydrogen) atoms. The van der Waals surface area contributed by atoms with Gasteiger partial charge in [-0.15, -0.1) is 0 Å². The fourth-order valence-electron chi connectivity index (χ4n) is 3.37. The zero-order chi connectivity index (χ0) is 19.2. The minimum atomic E-state index is -0.0179. The molecule has 0 spiro atoms. The smallest absolute Gasteiger partial charge is 0.307 e. The van der Waals surface area contributed by atoms with Gasteiger partial charge in [0.05, 0.1) is 13.2 Å². The molecule has 1 fully saturated rings. The van der Waals surface area contributed by atoms with E-state index in [-0.39, 0.29) is 16.9 Å². The zero-order valence-electron chi connectivity index (χ0n) is 15.8. The third-order valence-corrected chi connectivity index (χ3v) is 5.76. The summed E-state index contributed by atoms with van der Waals surface area (Å²) < 4.78 is 12.8. The quantitative estimate of drug-likeness (QED) is 0.695. The maximum atomic E-state index is 13.0. The molecule has 1 amide bonds. The number of methoxy groups -OCH3 is 1. The minimum Gasteiger partial charge on any atom is -0.496 e. The summed E-state index contributed by atoms with van der Waals surface area (Å²) in [6.45, 7) is 4.09. The van der Waals surface area contributed by atoms with Crippen LogP contribution in [0, 0.1) is 6.92 Å². The highest BCUT2D eigenvalue weighted by atomic mass is 32.1. The molecule has 1 atom stereocenters. The highest BCUT2D eigenvalue weighted by molar-refractivity contribution is 7.07. The molecule has 6 nitrogen and oxygen atoms in total. The number of ether oxygens (including phenoxy) is 2. The van der Waals surface area contributed by atoms with Gasteiger partial charge in [-0.2, -0.15) is 0 Å². The minimum absolute atomic E-state index is 0.0179. The van der Waals surface area contributed by atoms with Gasteiger partial charge in [-0.3, -0.25) is 9.59 Å². The van der Waals surface area contributed by atoms with Gasteiger partial charge in [-0.1, -0.05) is 29.5 Å². The van der Waals surface area contributed by atoms with Crippen LogP contribution in [0.5, 0.6) is 5.75 Å². The summed E-state index contributed by atoms with van der Waals surface area (Å²) in [7, 11) is 1.64. The van der Waals surface area contributed by atoms with Crippen molar-refractivity contribution in [2.75, 3.05) is 20.3 Å². The van der Waals surface area contributed by atoms with Crippen molar-refractivity contribution < 1.29 is 14.3 Å². The van der Waals surface area contributed by atoms with Crippen molar-refractivity contribution in [3.63, 3.8) is 0 Å². The topological polar surface area (TPSA) is 60.8 Å². The number of aromatic nitrogens is 1. The number of carbonyl (C=O) groups excluding carboxylic acids is 1. The summed E-state index contributed by atoms with van der Waals surface area (Å²) in [4.78, 5) is 26.7. The summed E-state index contributed by atoms with van der Waals surface area (Å²) in [5, 5.41) is 1.83. The van der Waals surface area contributed by atoms with Gasteiger partial charge in [0, 0.05) is 49.3 Å². The monoisotopic (exact) mass is 390 g/mol. The first-order valence-electron chi connectivity index (χ1n) is 9.24. The van der Waals surface area contributed by atoms with Crippen molar-refractivity contribution in [2.24, 2.45) is 0 Å². The normalized spacial score (nSPS) is 16.4. The van der Waals surface area contributed by atoms with Gasteiger partial charge in [-0.05, 0) is 25.8 Å². The first-order valence-corrected chi connectivity index (χ1v) is 10.1.